The molecule has 4 heteroatoms. The first kappa shape index (κ1) is 16.3. The predicted molar refractivity (Wildman–Crippen MR) is 95.8 cm³/mol. The van der Waals surface area contributed by atoms with Gasteiger partial charge in [-0.1, -0.05) is 17.9 Å². The number of hydrogen-bond donors (Lipinski definition) is 1. The molecule has 0 amide bonds. The minimum absolute atomic E-state index is 0.270. The van der Waals surface area contributed by atoms with Crippen LogP contribution in [0.2, 0.25) is 0 Å². The molecule has 0 saturated carbocycles. The normalized spacial score (nSPS) is 10.0. The van der Waals surface area contributed by atoms with Crippen LogP contribution in [0.25, 0.3) is 0 Å². The molecule has 0 radical (unpaired) electrons. The number of nitrogens with zero attached hydrogens (tertiary/aromatic N) is 1. The molecule has 0 spiro atoms. The number of nitrogens with one attached hydrogen (secondary N) is 1. The molecule has 3 rings (SSSR count). The lowest BCUT2D eigenvalue weighted by Gasteiger charge is -2.04. The molecule has 0 unspecified atom stereocenters. The smallest absolute Gasteiger partial charge is 0.124 e. The second-order valence-corrected chi connectivity index (χ2v) is 6.03. The number of aromatic nitrogens is 1. The average molecular weight is 334 g/mol. The van der Waals surface area contributed by atoms with Crippen molar-refractivity contribution in [3.05, 3.63) is 95.6 Å². The molecule has 0 atom stereocenters. The Morgan fingerprint density at radius 3 is 2.42 bits per heavy atom. The largest absolute Gasteiger partial charge is 0.265 e. The van der Waals surface area contributed by atoms with Gasteiger partial charge in [0.2, 0.25) is 0 Å². The molecule has 1 aromatic heterocycles. The zero-order valence-corrected chi connectivity index (χ0v) is 13.7. The molecule has 1 heterocycles. The molecule has 0 aliphatic heterocycles. The SMILES string of the molecule is Fc1cccc(C#Cc2ccc(SNCc3ccncc3)cc2)c1. The molecule has 2 aromatic carbocycles. The minimum atomic E-state index is -0.270. The van der Waals surface area contributed by atoms with E-state index < -0.39 is 0 Å². The summed E-state index contributed by atoms with van der Waals surface area (Å²) in [6.45, 7) is 0.772. The number of pyridine rings is 1. The van der Waals surface area contributed by atoms with Gasteiger partial charge in [-0.25, -0.2) is 4.39 Å². The van der Waals surface area contributed by atoms with E-state index in [2.05, 4.69) is 21.5 Å². The van der Waals surface area contributed by atoms with E-state index in [1.807, 2.05) is 36.4 Å². The number of benzene rings is 2. The Balaban J connectivity index is 1.56. The molecule has 3 aromatic rings. The van der Waals surface area contributed by atoms with E-state index in [1.54, 1.807) is 36.5 Å². The highest BCUT2D eigenvalue weighted by atomic mass is 32.2. The highest BCUT2D eigenvalue weighted by Crippen LogP contribution is 2.16. The van der Waals surface area contributed by atoms with Crippen molar-refractivity contribution in [2.45, 2.75) is 11.4 Å². The van der Waals surface area contributed by atoms with Gasteiger partial charge in [0.1, 0.15) is 5.82 Å². The maximum Gasteiger partial charge on any atom is 0.124 e. The summed E-state index contributed by atoms with van der Waals surface area (Å²) in [4.78, 5) is 5.11. The molecule has 0 aliphatic carbocycles. The first-order valence-corrected chi connectivity index (χ1v) is 8.27. The van der Waals surface area contributed by atoms with Crippen molar-refractivity contribution in [3.8, 4) is 11.8 Å². The van der Waals surface area contributed by atoms with E-state index in [0.29, 0.717) is 5.56 Å². The maximum absolute atomic E-state index is 13.1. The summed E-state index contributed by atoms with van der Waals surface area (Å²) in [6.07, 6.45) is 3.57. The summed E-state index contributed by atoms with van der Waals surface area (Å²) < 4.78 is 16.4. The van der Waals surface area contributed by atoms with Gasteiger partial charge in [0.15, 0.2) is 0 Å². The van der Waals surface area contributed by atoms with Crippen molar-refractivity contribution >= 4 is 11.9 Å². The second kappa shape index (κ2) is 8.30. The van der Waals surface area contributed by atoms with Crippen molar-refractivity contribution in [1.82, 2.24) is 9.71 Å². The lowest BCUT2D eigenvalue weighted by Crippen LogP contribution is -2.02. The van der Waals surface area contributed by atoms with Gasteiger partial charge in [-0.05, 0) is 72.1 Å². The second-order valence-electron chi connectivity index (χ2n) is 5.06. The van der Waals surface area contributed by atoms with Crippen molar-refractivity contribution in [2.24, 2.45) is 0 Å². The molecular formula is C20H15FN2S. The summed E-state index contributed by atoms with van der Waals surface area (Å²) in [5.74, 6) is 5.74. The summed E-state index contributed by atoms with van der Waals surface area (Å²) in [6, 6.07) is 18.2. The third-order valence-corrected chi connectivity index (χ3v) is 4.04. The zero-order valence-electron chi connectivity index (χ0n) is 12.9. The van der Waals surface area contributed by atoms with E-state index in [-0.39, 0.29) is 5.82 Å². The van der Waals surface area contributed by atoms with E-state index in [1.165, 1.54) is 17.7 Å². The third-order valence-electron chi connectivity index (χ3n) is 3.25. The number of rotatable bonds is 4. The number of hydrogen-bond acceptors (Lipinski definition) is 3. The van der Waals surface area contributed by atoms with Crippen LogP contribution in [-0.2, 0) is 6.54 Å². The van der Waals surface area contributed by atoms with Crippen molar-refractivity contribution in [3.63, 3.8) is 0 Å². The number of halogens is 1. The Hall–Kier alpha value is -2.61. The topological polar surface area (TPSA) is 24.9 Å². The van der Waals surface area contributed by atoms with Gasteiger partial charge < -0.3 is 0 Å². The summed E-state index contributed by atoms with van der Waals surface area (Å²) >= 11 is 1.57. The zero-order chi connectivity index (χ0) is 16.6. The van der Waals surface area contributed by atoms with Gasteiger partial charge in [0.25, 0.3) is 0 Å². The maximum atomic E-state index is 13.1. The monoisotopic (exact) mass is 334 g/mol. The van der Waals surface area contributed by atoms with Gasteiger partial charge in [0, 0.05) is 35.0 Å². The van der Waals surface area contributed by atoms with E-state index >= 15 is 0 Å². The Morgan fingerprint density at radius 2 is 1.67 bits per heavy atom. The molecule has 118 valence electrons. The first-order chi connectivity index (χ1) is 11.8. The lowest BCUT2D eigenvalue weighted by atomic mass is 10.2. The Kier molecular flexibility index (Phi) is 5.62. The van der Waals surface area contributed by atoms with Gasteiger partial charge in [-0.15, -0.1) is 0 Å². The standard InChI is InChI=1S/C20H15FN2S/c21-19-3-1-2-17(14-19)5-4-16-6-8-20(9-7-16)24-23-15-18-10-12-22-13-11-18/h1-3,6-14,23H,15H2. The van der Waals surface area contributed by atoms with E-state index in [0.717, 1.165) is 17.0 Å². The fourth-order valence-electron chi connectivity index (χ4n) is 2.02. The molecule has 0 aliphatic rings. The van der Waals surface area contributed by atoms with Gasteiger partial charge in [-0.3, -0.25) is 9.71 Å². The Bertz CT molecular complexity index is 852. The highest BCUT2D eigenvalue weighted by Gasteiger charge is 1.96. The van der Waals surface area contributed by atoms with Gasteiger partial charge in [-0.2, -0.15) is 0 Å². The van der Waals surface area contributed by atoms with Crippen molar-refractivity contribution in [2.75, 3.05) is 0 Å². The molecule has 24 heavy (non-hydrogen) atoms. The fraction of sp³-hybridized carbons (Fsp3) is 0.0500. The van der Waals surface area contributed by atoms with Crippen LogP contribution < -0.4 is 4.72 Å². The van der Waals surface area contributed by atoms with Crippen LogP contribution in [0, 0.1) is 17.7 Å². The summed E-state index contributed by atoms with van der Waals surface area (Å²) in [7, 11) is 0. The Labute approximate surface area is 145 Å². The molecule has 2 nitrogen and oxygen atoms in total. The predicted octanol–water partition coefficient (Wildman–Crippen LogP) is 4.42. The van der Waals surface area contributed by atoms with Crippen LogP contribution in [0.15, 0.2) is 78.0 Å². The minimum Gasteiger partial charge on any atom is -0.265 e. The summed E-state index contributed by atoms with van der Waals surface area (Å²) in [5.41, 5.74) is 2.76. The molecule has 0 saturated heterocycles. The fourth-order valence-corrected chi connectivity index (χ4v) is 2.70. The van der Waals surface area contributed by atoms with Crippen LogP contribution >= 0.6 is 11.9 Å². The van der Waals surface area contributed by atoms with Crippen LogP contribution in [0.1, 0.15) is 16.7 Å². The van der Waals surface area contributed by atoms with Gasteiger partial charge in [0.05, 0.1) is 0 Å². The highest BCUT2D eigenvalue weighted by molar-refractivity contribution is 7.97. The quantitative estimate of drug-likeness (QED) is 0.565. The lowest BCUT2D eigenvalue weighted by molar-refractivity contribution is 0.627. The van der Waals surface area contributed by atoms with Crippen LogP contribution in [0.4, 0.5) is 4.39 Å². The van der Waals surface area contributed by atoms with E-state index in [4.69, 9.17) is 0 Å². The van der Waals surface area contributed by atoms with E-state index in [9.17, 15) is 4.39 Å². The molecule has 0 bridgehead atoms. The van der Waals surface area contributed by atoms with Crippen LogP contribution in [0.5, 0.6) is 0 Å². The van der Waals surface area contributed by atoms with Gasteiger partial charge >= 0.3 is 0 Å². The molecular weight excluding hydrogens is 319 g/mol. The Morgan fingerprint density at radius 1 is 0.917 bits per heavy atom. The molecule has 0 fully saturated rings. The first-order valence-electron chi connectivity index (χ1n) is 7.46. The molecule has 1 N–H and O–H groups in total. The van der Waals surface area contributed by atoms with Crippen LogP contribution in [0.3, 0.4) is 0 Å². The third kappa shape index (κ3) is 4.95. The summed E-state index contributed by atoms with van der Waals surface area (Å²) in [5, 5.41) is 0. The van der Waals surface area contributed by atoms with Crippen molar-refractivity contribution < 1.29 is 4.39 Å². The average Bonchev–Trinajstić information content (AvgIpc) is 2.62. The van der Waals surface area contributed by atoms with Crippen molar-refractivity contribution in [1.29, 1.82) is 0 Å². The van der Waals surface area contributed by atoms with Crippen LogP contribution in [-0.4, -0.2) is 4.98 Å².